The largest absolute Gasteiger partial charge is 0.310 e. The van der Waals surface area contributed by atoms with Gasteiger partial charge in [-0.25, -0.2) is 0 Å². The maximum Gasteiger partial charge on any atom is 0.0543 e. The van der Waals surface area contributed by atoms with E-state index >= 15 is 0 Å². The van der Waals surface area contributed by atoms with Crippen LogP contribution in [0.2, 0.25) is 0 Å². The molecule has 1 heterocycles. The third-order valence-corrected chi connectivity index (χ3v) is 3.69. The Bertz CT molecular complexity index is 537. The molecule has 0 aliphatic rings. The van der Waals surface area contributed by atoms with Crippen LogP contribution in [0.4, 0.5) is 0 Å². The maximum atomic E-state index is 4.44. The minimum Gasteiger partial charge on any atom is -0.310 e. The van der Waals surface area contributed by atoms with Crippen LogP contribution in [0.5, 0.6) is 0 Å². The van der Waals surface area contributed by atoms with Crippen molar-refractivity contribution in [1.82, 2.24) is 15.1 Å². The monoisotopic (exact) mass is 285 g/mol. The minimum atomic E-state index is 0.0528. The summed E-state index contributed by atoms with van der Waals surface area (Å²) in [5.74, 6) is 0. The average Bonchev–Trinajstić information content (AvgIpc) is 2.93. The molecular formula is C18H27N3. The fraction of sp³-hybridized carbons (Fsp3) is 0.500. The first-order chi connectivity index (χ1) is 9.95. The minimum absolute atomic E-state index is 0.0528. The molecule has 0 saturated heterocycles. The summed E-state index contributed by atoms with van der Waals surface area (Å²) in [5.41, 5.74) is 2.71. The number of benzene rings is 1. The summed E-state index contributed by atoms with van der Waals surface area (Å²) >= 11 is 0. The van der Waals surface area contributed by atoms with Gasteiger partial charge in [0.05, 0.1) is 11.7 Å². The third-order valence-electron chi connectivity index (χ3n) is 3.69. The van der Waals surface area contributed by atoms with Crippen LogP contribution in [0.1, 0.15) is 45.2 Å². The van der Waals surface area contributed by atoms with Gasteiger partial charge in [-0.1, -0.05) is 30.3 Å². The zero-order valence-electron chi connectivity index (χ0n) is 13.6. The molecule has 2 aromatic rings. The molecule has 1 aromatic heterocycles. The lowest BCUT2D eigenvalue weighted by Crippen LogP contribution is -2.26. The van der Waals surface area contributed by atoms with Crippen molar-refractivity contribution < 1.29 is 0 Å². The van der Waals surface area contributed by atoms with E-state index in [0.717, 1.165) is 19.4 Å². The fourth-order valence-corrected chi connectivity index (χ4v) is 2.24. The van der Waals surface area contributed by atoms with Crippen molar-refractivity contribution in [2.45, 2.75) is 58.7 Å². The van der Waals surface area contributed by atoms with Gasteiger partial charge in [-0.3, -0.25) is 4.68 Å². The Kier molecular flexibility index (Phi) is 5.18. The van der Waals surface area contributed by atoms with Gasteiger partial charge < -0.3 is 5.32 Å². The summed E-state index contributed by atoms with van der Waals surface area (Å²) in [6.07, 6.45) is 6.37. The Morgan fingerprint density at radius 2 is 1.86 bits per heavy atom. The van der Waals surface area contributed by atoms with Gasteiger partial charge in [0.1, 0.15) is 0 Å². The van der Waals surface area contributed by atoms with Crippen LogP contribution in [0.25, 0.3) is 0 Å². The standard InChI is InChI=1S/C18H27N3/c1-15(10-11-16-8-6-5-7-9-16)19-12-17-13-20-21(14-17)18(2,3)4/h5-9,13-15,19H,10-12H2,1-4H3. The van der Waals surface area contributed by atoms with Crippen molar-refractivity contribution in [3.63, 3.8) is 0 Å². The quantitative estimate of drug-likeness (QED) is 0.876. The second kappa shape index (κ2) is 6.90. The first-order valence-electron chi connectivity index (χ1n) is 7.76. The molecule has 114 valence electrons. The third kappa shape index (κ3) is 5.01. The molecule has 0 amide bonds. The Labute approximate surface area is 128 Å². The molecule has 1 N–H and O–H groups in total. The van der Waals surface area contributed by atoms with Gasteiger partial charge in [0.15, 0.2) is 0 Å². The number of hydrogen-bond donors (Lipinski definition) is 1. The van der Waals surface area contributed by atoms with E-state index in [4.69, 9.17) is 0 Å². The predicted octanol–water partition coefficient (Wildman–Crippen LogP) is 3.75. The molecule has 0 spiro atoms. The average molecular weight is 285 g/mol. The van der Waals surface area contributed by atoms with Crippen molar-refractivity contribution in [3.05, 3.63) is 53.9 Å². The summed E-state index contributed by atoms with van der Waals surface area (Å²) < 4.78 is 2.03. The van der Waals surface area contributed by atoms with E-state index in [1.807, 2.05) is 10.9 Å². The molecule has 1 aromatic carbocycles. The summed E-state index contributed by atoms with van der Waals surface area (Å²) in [6, 6.07) is 11.2. The normalized spacial score (nSPS) is 13.3. The molecule has 0 bridgehead atoms. The molecule has 0 aliphatic carbocycles. The number of aryl methyl sites for hydroxylation is 1. The number of nitrogens with one attached hydrogen (secondary N) is 1. The van der Waals surface area contributed by atoms with Crippen LogP contribution in [-0.2, 0) is 18.5 Å². The van der Waals surface area contributed by atoms with E-state index in [0.29, 0.717) is 6.04 Å². The molecule has 1 unspecified atom stereocenters. The lowest BCUT2D eigenvalue weighted by Gasteiger charge is -2.18. The van der Waals surface area contributed by atoms with Crippen LogP contribution < -0.4 is 5.32 Å². The maximum absolute atomic E-state index is 4.44. The van der Waals surface area contributed by atoms with Gasteiger partial charge in [-0.2, -0.15) is 5.10 Å². The number of aromatic nitrogens is 2. The molecule has 0 fully saturated rings. The number of hydrogen-bond acceptors (Lipinski definition) is 2. The van der Waals surface area contributed by atoms with E-state index in [1.54, 1.807) is 0 Å². The number of nitrogens with zero attached hydrogens (tertiary/aromatic N) is 2. The Balaban J connectivity index is 1.76. The molecule has 3 nitrogen and oxygen atoms in total. The summed E-state index contributed by atoms with van der Waals surface area (Å²) in [7, 11) is 0. The topological polar surface area (TPSA) is 29.9 Å². The second-order valence-corrected chi connectivity index (χ2v) is 6.77. The second-order valence-electron chi connectivity index (χ2n) is 6.77. The molecule has 0 saturated carbocycles. The predicted molar refractivity (Wildman–Crippen MR) is 88.3 cm³/mol. The summed E-state index contributed by atoms with van der Waals surface area (Å²) in [6.45, 7) is 9.63. The van der Waals surface area contributed by atoms with Crippen molar-refractivity contribution in [3.8, 4) is 0 Å². The first-order valence-corrected chi connectivity index (χ1v) is 7.76. The van der Waals surface area contributed by atoms with Crippen molar-refractivity contribution in [2.24, 2.45) is 0 Å². The van der Waals surface area contributed by atoms with Crippen LogP contribution in [0.15, 0.2) is 42.7 Å². The van der Waals surface area contributed by atoms with E-state index in [2.05, 4.69) is 74.6 Å². The molecule has 1 atom stereocenters. The van der Waals surface area contributed by atoms with Gasteiger partial charge in [-0.05, 0) is 46.1 Å². The highest BCUT2D eigenvalue weighted by atomic mass is 15.3. The molecular weight excluding hydrogens is 258 g/mol. The summed E-state index contributed by atoms with van der Waals surface area (Å²) in [5, 5.41) is 8.02. The molecule has 21 heavy (non-hydrogen) atoms. The highest BCUT2D eigenvalue weighted by molar-refractivity contribution is 5.14. The van der Waals surface area contributed by atoms with E-state index in [1.165, 1.54) is 11.1 Å². The SMILES string of the molecule is CC(CCc1ccccc1)NCc1cnn(C(C)(C)C)c1. The molecule has 2 rings (SSSR count). The van der Waals surface area contributed by atoms with Gasteiger partial charge in [0, 0.05) is 24.3 Å². The van der Waals surface area contributed by atoms with Crippen LogP contribution in [-0.4, -0.2) is 15.8 Å². The Morgan fingerprint density at radius 3 is 2.48 bits per heavy atom. The summed E-state index contributed by atoms with van der Waals surface area (Å²) in [4.78, 5) is 0. The zero-order valence-corrected chi connectivity index (χ0v) is 13.6. The lowest BCUT2D eigenvalue weighted by molar-refractivity contribution is 0.355. The van der Waals surface area contributed by atoms with E-state index in [-0.39, 0.29) is 5.54 Å². The van der Waals surface area contributed by atoms with Gasteiger partial charge >= 0.3 is 0 Å². The lowest BCUT2D eigenvalue weighted by atomic mass is 10.1. The highest BCUT2D eigenvalue weighted by Gasteiger charge is 2.14. The molecule has 0 radical (unpaired) electrons. The first kappa shape index (κ1) is 15.8. The van der Waals surface area contributed by atoms with E-state index in [9.17, 15) is 0 Å². The van der Waals surface area contributed by atoms with Crippen LogP contribution >= 0.6 is 0 Å². The van der Waals surface area contributed by atoms with Crippen molar-refractivity contribution in [1.29, 1.82) is 0 Å². The van der Waals surface area contributed by atoms with Gasteiger partial charge in [0.2, 0.25) is 0 Å². The smallest absolute Gasteiger partial charge is 0.0543 e. The van der Waals surface area contributed by atoms with Crippen molar-refractivity contribution >= 4 is 0 Å². The Hall–Kier alpha value is -1.61. The number of rotatable bonds is 6. The van der Waals surface area contributed by atoms with Crippen molar-refractivity contribution in [2.75, 3.05) is 0 Å². The zero-order chi connectivity index (χ0) is 15.3. The van der Waals surface area contributed by atoms with Crippen LogP contribution in [0.3, 0.4) is 0 Å². The fourth-order valence-electron chi connectivity index (χ4n) is 2.24. The van der Waals surface area contributed by atoms with Gasteiger partial charge in [0.25, 0.3) is 0 Å². The highest BCUT2D eigenvalue weighted by Crippen LogP contribution is 2.13. The van der Waals surface area contributed by atoms with Crippen LogP contribution in [0, 0.1) is 0 Å². The van der Waals surface area contributed by atoms with Gasteiger partial charge in [-0.15, -0.1) is 0 Å². The molecule has 3 heteroatoms. The van der Waals surface area contributed by atoms with E-state index < -0.39 is 0 Å². The molecule has 0 aliphatic heterocycles. The Morgan fingerprint density at radius 1 is 1.14 bits per heavy atom.